The van der Waals surface area contributed by atoms with Gasteiger partial charge in [0.15, 0.2) is 0 Å². The standard InChI is InChI=1S/C16H17ClFN/c1-11(8-9-19)12-2-4-13(5-3-12)15-7-6-14(17)10-16(15)18/h2-7,10-11H,8-9,19H2,1H3. The van der Waals surface area contributed by atoms with E-state index in [1.165, 1.54) is 11.6 Å². The summed E-state index contributed by atoms with van der Waals surface area (Å²) in [5.74, 6) is 0.129. The van der Waals surface area contributed by atoms with Crippen LogP contribution in [0.3, 0.4) is 0 Å². The maximum Gasteiger partial charge on any atom is 0.132 e. The number of rotatable bonds is 4. The molecule has 0 amide bonds. The van der Waals surface area contributed by atoms with E-state index in [2.05, 4.69) is 6.92 Å². The molecule has 0 heterocycles. The highest BCUT2D eigenvalue weighted by atomic mass is 35.5. The lowest BCUT2D eigenvalue weighted by Crippen LogP contribution is -2.04. The first-order valence-corrected chi connectivity index (χ1v) is 6.75. The summed E-state index contributed by atoms with van der Waals surface area (Å²) in [7, 11) is 0. The van der Waals surface area contributed by atoms with Gasteiger partial charge >= 0.3 is 0 Å². The Bertz CT molecular complexity index is 551. The van der Waals surface area contributed by atoms with Gasteiger partial charge in [-0.05, 0) is 48.2 Å². The molecular formula is C16H17ClFN. The Morgan fingerprint density at radius 2 is 1.84 bits per heavy atom. The molecule has 0 aromatic heterocycles. The van der Waals surface area contributed by atoms with Gasteiger partial charge in [-0.2, -0.15) is 0 Å². The van der Waals surface area contributed by atoms with E-state index in [-0.39, 0.29) is 5.82 Å². The van der Waals surface area contributed by atoms with Gasteiger partial charge in [-0.1, -0.05) is 42.8 Å². The Morgan fingerprint density at radius 1 is 1.16 bits per heavy atom. The van der Waals surface area contributed by atoms with Crippen LogP contribution in [0.15, 0.2) is 42.5 Å². The van der Waals surface area contributed by atoms with Gasteiger partial charge in [0.05, 0.1) is 0 Å². The van der Waals surface area contributed by atoms with Gasteiger partial charge in [-0.15, -0.1) is 0 Å². The molecule has 2 rings (SSSR count). The summed E-state index contributed by atoms with van der Waals surface area (Å²) in [6.07, 6.45) is 0.953. The van der Waals surface area contributed by atoms with Crippen molar-refractivity contribution in [1.29, 1.82) is 0 Å². The van der Waals surface area contributed by atoms with E-state index in [4.69, 9.17) is 17.3 Å². The fourth-order valence-corrected chi connectivity index (χ4v) is 2.29. The Morgan fingerprint density at radius 3 is 2.42 bits per heavy atom. The van der Waals surface area contributed by atoms with Crippen LogP contribution in [-0.4, -0.2) is 6.54 Å². The molecular weight excluding hydrogens is 261 g/mol. The number of hydrogen-bond acceptors (Lipinski definition) is 1. The zero-order valence-corrected chi connectivity index (χ0v) is 11.6. The van der Waals surface area contributed by atoms with Crippen LogP contribution in [0.4, 0.5) is 4.39 Å². The molecule has 0 radical (unpaired) electrons. The van der Waals surface area contributed by atoms with Crippen LogP contribution in [-0.2, 0) is 0 Å². The van der Waals surface area contributed by atoms with E-state index in [9.17, 15) is 4.39 Å². The van der Waals surface area contributed by atoms with Gasteiger partial charge < -0.3 is 5.73 Å². The first-order valence-electron chi connectivity index (χ1n) is 6.37. The normalized spacial score (nSPS) is 12.4. The number of nitrogens with two attached hydrogens (primary N) is 1. The lowest BCUT2D eigenvalue weighted by Gasteiger charge is -2.11. The minimum absolute atomic E-state index is 0.296. The fourth-order valence-electron chi connectivity index (χ4n) is 2.13. The first-order chi connectivity index (χ1) is 9.11. The van der Waals surface area contributed by atoms with Crippen LogP contribution in [0.25, 0.3) is 11.1 Å². The predicted molar refractivity (Wildman–Crippen MR) is 78.9 cm³/mol. The van der Waals surface area contributed by atoms with Crippen molar-refractivity contribution in [3.05, 3.63) is 58.9 Å². The highest BCUT2D eigenvalue weighted by Crippen LogP contribution is 2.27. The first kappa shape index (κ1) is 14.0. The minimum Gasteiger partial charge on any atom is -0.330 e. The molecule has 1 atom stereocenters. The van der Waals surface area contributed by atoms with Crippen molar-refractivity contribution in [3.8, 4) is 11.1 Å². The summed E-state index contributed by atoms with van der Waals surface area (Å²) in [4.78, 5) is 0. The molecule has 2 aromatic carbocycles. The van der Waals surface area contributed by atoms with Crippen molar-refractivity contribution in [2.75, 3.05) is 6.54 Å². The molecule has 100 valence electrons. The molecule has 0 aliphatic heterocycles. The zero-order chi connectivity index (χ0) is 13.8. The number of hydrogen-bond donors (Lipinski definition) is 1. The van der Waals surface area contributed by atoms with Gasteiger partial charge in [0.1, 0.15) is 5.82 Å². The molecule has 2 aromatic rings. The summed E-state index contributed by atoms with van der Waals surface area (Å²) in [6, 6.07) is 12.7. The second kappa shape index (κ2) is 6.18. The zero-order valence-electron chi connectivity index (χ0n) is 10.9. The summed E-state index contributed by atoms with van der Waals surface area (Å²) >= 11 is 5.75. The summed E-state index contributed by atoms with van der Waals surface area (Å²) in [5, 5.41) is 0.412. The van der Waals surface area contributed by atoms with E-state index < -0.39 is 0 Å². The third kappa shape index (κ3) is 3.34. The molecule has 0 saturated heterocycles. The van der Waals surface area contributed by atoms with E-state index in [1.807, 2.05) is 24.3 Å². The summed E-state index contributed by atoms with van der Waals surface area (Å²) in [5.41, 5.74) is 8.22. The van der Waals surface area contributed by atoms with Crippen molar-refractivity contribution in [2.45, 2.75) is 19.3 Å². The van der Waals surface area contributed by atoms with Crippen LogP contribution in [0.5, 0.6) is 0 Å². The number of halogens is 2. The van der Waals surface area contributed by atoms with Crippen LogP contribution >= 0.6 is 11.6 Å². The van der Waals surface area contributed by atoms with Gasteiger partial charge in [-0.3, -0.25) is 0 Å². The molecule has 0 aliphatic carbocycles. The lowest BCUT2D eigenvalue weighted by molar-refractivity contribution is 0.631. The van der Waals surface area contributed by atoms with Crippen LogP contribution in [0.2, 0.25) is 5.02 Å². The van der Waals surface area contributed by atoms with Gasteiger partial charge in [0.25, 0.3) is 0 Å². The smallest absolute Gasteiger partial charge is 0.132 e. The second-order valence-electron chi connectivity index (χ2n) is 4.72. The molecule has 3 heteroatoms. The van der Waals surface area contributed by atoms with Gasteiger partial charge in [0.2, 0.25) is 0 Å². The van der Waals surface area contributed by atoms with Crippen molar-refractivity contribution in [1.82, 2.24) is 0 Å². The average molecular weight is 278 g/mol. The molecule has 2 N–H and O–H groups in total. The topological polar surface area (TPSA) is 26.0 Å². The third-order valence-corrected chi connectivity index (χ3v) is 3.56. The fraction of sp³-hybridized carbons (Fsp3) is 0.250. The maximum absolute atomic E-state index is 13.8. The van der Waals surface area contributed by atoms with Crippen molar-refractivity contribution in [2.24, 2.45) is 5.73 Å². The van der Waals surface area contributed by atoms with Crippen LogP contribution < -0.4 is 5.73 Å². The Balaban J connectivity index is 2.27. The largest absolute Gasteiger partial charge is 0.330 e. The Labute approximate surface area is 118 Å². The van der Waals surface area contributed by atoms with E-state index >= 15 is 0 Å². The van der Waals surface area contributed by atoms with E-state index in [0.717, 1.165) is 12.0 Å². The molecule has 0 aliphatic rings. The highest BCUT2D eigenvalue weighted by Gasteiger charge is 2.08. The van der Waals surface area contributed by atoms with E-state index in [0.29, 0.717) is 23.0 Å². The molecule has 1 unspecified atom stereocenters. The van der Waals surface area contributed by atoms with Crippen LogP contribution in [0, 0.1) is 5.82 Å². The molecule has 1 nitrogen and oxygen atoms in total. The number of benzene rings is 2. The highest BCUT2D eigenvalue weighted by molar-refractivity contribution is 6.30. The quantitative estimate of drug-likeness (QED) is 0.868. The molecule has 0 saturated carbocycles. The lowest BCUT2D eigenvalue weighted by atomic mass is 9.95. The van der Waals surface area contributed by atoms with E-state index in [1.54, 1.807) is 12.1 Å². The molecule has 0 spiro atoms. The maximum atomic E-state index is 13.8. The molecule has 19 heavy (non-hydrogen) atoms. The van der Waals surface area contributed by atoms with Crippen molar-refractivity contribution in [3.63, 3.8) is 0 Å². The average Bonchev–Trinajstić information content (AvgIpc) is 2.39. The Hall–Kier alpha value is -1.38. The molecule has 0 fully saturated rings. The summed E-state index contributed by atoms with van der Waals surface area (Å²) in [6.45, 7) is 2.82. The Kier molecular flexibility index (Phi) is 4.56. The predicted octanol–water partition coefficient (Wildman–Crippen LogP) is 4.60. The second-order valence-corrected chi connectivity index (χ2v) is 5.16. The summed E-state index contributed by atoms with van der Waals surface area (Å²) < 4.78 is 13.8. The SMILES string of the molecule is CC(CCN)c1ccc(-c2ccc(Cl)cc2F)cc1. The third-order valence-electron chi connectivity index (χ3n) is 3.32. The van der Waals surface area contributed by atoms with Gasteiger partial charge in [0, 0.05) is 10.6 Å². The minimum atomic E-state index is -0.296. The monoisotopic (exact) mass is 277 g/mol. The van der Waals surface area contributed by atoms with Gasteiger partial charge in [-0.25, -0.2) is 4.39 Å². The van der Waals surface area contributed by atoms with Crippen LogP contribution in [0.1, 0.15) is 24.8 Å². The van der Waals surface area contributed by atoms with Crippen molar-refractivity contribution < 1.29 is 4.39 Å². The van der Waals surface area contributed by atoms with Crippen molar-refractivity contribution >= 4 is 11.6 Å². The molecule has 0 bridgehead atoms.